The molecular weight excluding hydrogens is 246 g/mol. The SMILES string of the molecule is O=[N+]([O-])c1cc2c(cc1C=C1CCCCC1)OCO2. The largest absolute Gasteiger partial charge is 0.454 e. The predicted octanol–water partition coefficient (Wildman–Crippen LogP) is 3.67. The number of nitro groups is 1. The Morgan fingerprint density at radius 3 is 2.47 bits per heavy atom. The third-order valence-electron chi connectivity index (χ3n) is 3.57. The number of hydrogen-bond acceptors (Lipinski definition) is 4. The molecule has 19 heavy (non-hydrogen) atoms. The molecular formula is C14H15NO4. The van der Waals surface area contributed by atoms with Gasteiger partial charge in [0.05, 0.1) is 16.6 Å². The van der Waals surface area contributed by atoms with Gasteiger partial charge in [0.25, 0.3) is 5.69 Å². The minimum Gasteiger partial charge on any atom is -0.454 e. The summed E-state index contributed by atoms with van der Waals surface area (Å²) < 4.78 is 10.5. The molecule has 1 aromatic rings. The van der Waals surface area contributed by atoms with Crippen LogP contribution < -0.4 is 9.47 Å². The fourth-order valence-corrected chi connectivity index (χ4v) is 2.59. The van der Waals surface area contributed by atoms with Crippen LogP contribution in [-0.2, 0) is 0 Å². The first-order chi connectivity index (χ1) is 9.24. The number of fused-ring (bicyclic) bond motifs is 1. The van der Waals surface area contributed by atoms with Crippen molar-refractivity contribution in [1.82, 2.24) is 0 Å². The minimum absolute atomic E-state index is 0.0855. The number of nitro benzene ring substituents is 1. The second-order valence-corrected chi connectivity index (χ2v) is 4.88. The van der Waals surface area contributed by atoms with Gasteiger partial charge in [-0.05, 0) is 37.8 Å². The molecule has 0 amide bonds. The highest BCUT2D eigenvalue weighted by Gasteiger charge is 2.22. The molecule has 2 aliphatic rings. The van der Waals surface area contributed by atoms with E-state index in [0.717, 1.165) is 12.8 Å². The second kappa shape index (κ2) is 4.91. The van der Waals surface area contributed by atoms with Crippen LogP contribution in [0.2, 0.25) is 0 Å². The molecule has 5 nitrogen and oxygen atoms in total. The summed E-state index contributed by atoms with van der Waals surface area (Å²) in [6.07, 6.45) is 7.60. The summed E-state index contributed by atoms with van der Waals surface area (Å²) in [4.78, 5) is 10.8. The predicted molar refractivity (Wildman–Crippen MR) is 70.3 cm³/mol. The lowest BCUT2D eigenvalue weighted by Gasteiger charge is -2.13. The van der Waals surface area contributed by atoms with Crippen molar-refractivity contribution in [3.05, 3.63) is 33.4 Å². The van der Waals surface area contributed by atoms with Gasteiger partial charge in [0.1, 0.15) is 0 Å². The van der Waals surface area contributed by atoms with Gasteiger partial charge >= 0.3 is 0 Å². The third kappa shape index (κ3) is 2.41. The smallest absolute Gasteiger partial charge is 0.280 e. The van der Waals surface area contributed by atoms with E-state index in [-0.39, 0.29) is 17.4 Å². The van der Waals surface area contributed by atoms with Crippen LogP contribution in [0.5, 0.6) is 11.5 Å². The van der Waals surface area contributed by atoms with Crippen molar-refractivity contribution in [2.24, 2.45) is 0 Å². The van der Waals surface area contributed by atoms with E-state index in [0.29, 0.717) is 17.1 Å². The van der Waals surface area contributed by atoms with Crippen LogP contribution in [0.4, 0.5) is 5.69 Å². The molecule has 0 unspecified atom stereocenters. The zero-order valence-electron chi connectivity index (χ0n) is 10.6. The van der Waals surface area contributed by atoms with Crippen molar-refractivity contribution in [2.75, 3.05) is 6.79 Å². The van der Waals surface area contributed by atoms with Crippen molar-refractivity contribution in [1.29, 1.82) is 0 Å². The van der Waals surface area contributed by atoms with Crippen LogP contribution in [0.15, 0.2) is 17.7 Å². The van der Waals surface area contributed by atoms with Crippen molar-refractivity contribution >= 4 is 11.8 Å². The van der Waals surface area contributed by atoms with E-state index < -0.39 is 0 Å². The van der Waals surface area contributed by atoms with E-state index >= 15 is 0 Å². The fraction of sp³-hybridized carbons (Fsp3) is 0.429. The Kier molecular flexibility index (Phi) is 3.11. The number of ether oxygens (including phenoxy) is 2. The number of allylic oxidation sites excluding steroid dienone is 1. The van der Waals surface area contributed by atoms with Gasteiger partial charge < -0.3 is 9.47 Å². The van der Waals surface area contributed by atoms with Crippen LogP contribution in [0, 0.1) is 10.1 Å². The molecule has 5 heteroatoms. The zero-order chi connectivity index (χ0) is 13.2. The summed E-state index contributed by atoms with van der Waals surface area (Å²) in [5.41, 5.74) is 1.99. The first-order valence-corrected chi connectivity index (χ1v) is 6.51. The number of rotatable bonds is 2. The highest BCUT2D eigenvalue weighted by Crippen LogP contribution is 2.39. The highest BCUT2D eigenvalue weighted by molar-refractivity contribution is 5.68. The standard InChI is InChI=1S/C14H15NO4/c16-15(17)12-8-14-13(18-9-19-14)7-11(12)6-10-4-2-1-3-5-10/h6-8H,1-5,9H2. The lowest BCUT2D eigenvalue weighted by atomic mass is 9.93. The van der Waals surface area contributed by atoms with Gasteiger partial charge in [0, 0.05) is 0 Å². The lowest BCUT2D eigenvalue weighted by molar-refractivity contribution is -0.385. The lowest BCUT2D eigenvalue weighted by Crippen LogP contribution is -1.96. The molecule has 0 spiro atoms. The molecule has 100 valence electrons. The van der Waals surface area contributed by atoms with Gasteiger partial charge in [-0.2, -0.15) is 0 Å². The van der Waals surface area contributed by atoms with Gasteiger partial charge in [-0.1, -0.05) is 12.0 Å². The molecule has 1 heterocycles. The van der Waals surface area contributed by atoms with Crippen LogP contribution in [0.25, 0.3) is 6.08 Å². The number of hydrogen-bond donors (Lipinski definition) is 0. The fourth-order valence-electron chi connectivity index (χ4n) is 2.59. The maximum Gasteiger partial charge on any atom is 0.280 e. The molecule has 1 saturated carbocycles. The maximum absolute atomic E-state index is 11.1. The van der Waals surface area contributed by atoms with Gasteiger partial charge in [-0.25, -0.2) is 0 Å². The van der Waals surface area contributed by atoms with Crippen molar-refractivity contribution < 1.29 is 14.4 Å². The zero-order valence-corrected chi connectivity index (χ0v) is 10.6. The quantitative estimate of drug-likeness (QED) is 0.602. The summed E-state index contributed by atoms with van der Waals surface area (Å²) in [5, 5.41) is 11.1. The molecule has 1 aromatic carbocycles. The Hall–Kier alpha value is -2.04. The van der Waals surface area contributed by atoms with E-state index in [4.69, 9.17) is 9.47 Å². The molecule has 0 saturated heterocycles. The van der Waals surface area contributed by atoms with Crippen molar-refractivity contribution in [2.45, 2.75) is 32.1 Å². The van der Waals surface area contributed by atoms with E-state index in [2.05, 4.69) is 0 Å². The molecule has 1 fully saturated rings. The average Bonchev–Trinajstić information content (AvgIpc) is 2.86. The average molecular weight is 261 g/mol. The molecule has 0 radical (unpaired) electrons. The summed E-state index contributed by atoms with van der Waals surface area (Å²) in [6.45, 7) is 0.131. The van der Waals surface area contributed by atoms with E-state index in [1.54, 1.807) is 6.07 Å². The summed E-state index contributed by atoms with van der Waals surface area (Å²) in [7, 11) is 0. The summed E-state index contributed by atoms with van der Waals surface area (Å²) >= 11 is 0. The normalized spacial score (nSPS) is 17.4. The van der Waals surface area contributed by atoms with E-state index in [9.17, 15) is 10.1 Å². The molecule has 0 atom stereocenters. The molecule has 1 aliphatic carbocycles. The van der Waals surface area contributed by atoms with Crippen LogP contribution in [0.3, 0.4) is 0 Å². The van der Waals surface area contributed by atoms with Crippen molar-refractivity contribution in [3.8, 4) is 11.5 Å². The third-order valence-corrected chi connectivity index (χ3v) is 3.57. The van der Waals surface area contributed by atoms with Crippen LogP contribution in [-0.4, -0.2) is 11.7 Å². The summed E-state index contributed by atoms with van der Waals surface area (Å²) in [5.74, 6) is 1.05. The van der Waals surface area contributed by atoms with Crippen molar-refractivity contribution in [3.63, 3.8) is 0 Å². The first-order valence-electron chi connectivity index (χ1n) is 6.51. The number of benzene rings is 1. The maximum atomic E-state index is 11.1. The van der Waals surface area contributed by atoms with Gasteiger partial charge in [0.2, 0.25) is 6.79 Å². The molecule has 0 bridgehead atoms. The van der Waals surface area contributed by atoms with E-state index in [1.807, 2.05) is 6.08 Å². The second-order valence-electron chi connectivity index (χ2n) is 4.88. The minimum atomic E-state index is -0.364. The first kappa shape index (κ1) is 12.0. The van der Waals surface area contributed by atoms with Gasteiger partial charge in [-0.3, -0.25) is 10.1 Å². The molecule has 0 N–H and O–H groups in total. The topological polar surface area (TPSA) is 61.6 Å². The highest BCUT2D eigenvalue weighted by atomic mass is 16.7. The molecule has 0 aromatic heterocycles. The summed E-state index contributed by atoms with van der Waals surface area (Å²) in [6, 6.07) is 3.17. The number of nitrogens with zero attached hydrogens (tertiary/aromatic N) is 1. The van der Waals surface area contributed by atoms with E-state index in [1.165, 1.54) is 30.9 Å². The Labute approximate surface area is 111 Å². The van der Waals surface area contributed by atoms with Gasteiger partial charge in [-0.15, -0.1) is 0 Å². The molecule has 1 aliphatic heterocycles. The van der Waals surface area contributed by atoms with Crippen LogP contribution >= 0.6 is 0 Å². The molecule has 3 rings (SSSR count). The van der Waals surface area contributed by atoms with Crippen LogP contribution in [0.1, 0.15) is 37.7 Å². The monoisotopic (exact) mass is 261 g/mol. The van der Waals surface area contributed by atoms with Gasteiger partial charge in [0.15, 0.2) is 11.5 Å². The Morgan fingerprint density at radius 2 is 1.79 bits per heavy atom. The Bertz CT molecular complexity index is 543. The Morgan fingerprint density at radius 1 is 1.11 bits per heavy atom. The Balaban J connectivity index is 2.01.